The fraction of sp³-hybridized carbons (Fsp3) is 0.350. The number of ether oxygens (including phenoxy) is 2. The molecule has 3 rings (SSSR count). The van der Waals surface area contributed by atoms with E-state index in [2.05, 4.69) is 0 Å². The summed E-state index contributed by atoms with van der Waals surface area (Å²) in [5.74, 6) is -0.674. The molecular weight excluding hydrogens is 380 g/mol. The molecule has 0 radical (unpaired) electrons. The molecule has 2 aromatic carbocycles. The lowest BCUT2D eigenvalue weighted by Crippen LogP contribution is -2.20. The first-order valence-electron chi connectivity index (χ1n) is 9.23. The quantitative estimate of drug-likeness (QED) is 0.382. The molecule has 0 spiro atoms. The van der Waals surface area contributed by atoms with Crippen molar-refractivity contribution in [3.05, 3.63) is 67.8 Å². The van der Waals surface area contributed by atoms with Crippen LogP contribution in [0.15, 0.2) is 36.4 Å². The summed E-state index contributed by atoms with van der Waals surface area (Å²) in [6, 6.07) is 7.90. The molecule has 0 aliphatic heterocycles. The van der Waals surface area contributed by atoms with Crippen LogP contribution < -0.4 is 9.47 Å². The van der Waals surface area contributed by atoms with Crippen molar-refractivity contribution in [3.8, 4) is 11.5 Å². The molecule has 0 atom stereocenters. The highest BCUT2D eigenvalue weighted by Crippen LogP contribution is 2.40. The lowest BCUT2D eigenvalue weighted by atomic mass is 9.97. The van der Waals surface area contributed by atoms with E-state index in [1.54, 1.807) is 0 Å². The van der Waals surface area contributed by atoms with E-state index >= 15 is 0 Å². The standard InChI is InChI=1S/C20H20N2O7/c1-28-20-17(22(26)27)11-13(12-18(20)29-14-7-3-2-4-8-14)19(23)15-9-5-6-10-16(15)21(24)25/h5-6,9-12,14H,2-4,7-8H2,1H3. The molecule has 0 aromatic heterocycles. The van der Waals surface area contributed by atoms with Crippen molar-refractivity contribution in [3.63, 3.8) is 0 Å². The fourth-order valence-corrected chi connectivity index (χ4v) is 3.49. The first kappa shape index (κ1) is 20.2. The Bertz CT molecular complexity index is 952. The number of hydrogen-bond acceptors (Lipinski definition) is 7. The van der Waals surface area contributed by atoms with E-state index in [-0.39, 0.29) is 34.4 Å². The summed E-state index contributed by atoms with van der Waals surface area (Å²) in [7, 11) is 1.29. The number of carbonyl (C=O) groups is 1. The first-order valence-corrected chi connectivity index (χ1v) is 9.23. The number of ketones is 1. The zero-order valence-corrected chi connectivity index (χ0v) is 15.8. The van der Waals surface area contributed by atoms with E-state index in [1.165, 1.54) is 37.4 Å². The van der Waals surface area contributed by atoms with Gasteiger partial charge in [-0.1, -0.05) is 18.6 Å². The topological polar surface area (TPSA) is 122 Å². The number of nitro benzene ring substituents is 2. The third-order valence-corrected chi connectivity index (χ3v) is 4.89. The molecule has 9 heteroatoms. The number of nitrogens with zero attached hydrogens (tertiary/aromatic N) is 2. The van der Waals surface area contributed by atoms with Crippen LogP contribution in [-0.2, 0) is 0 Å². The number of hydrogen-bond donors (Lipinski definition) is 0. The smallest absolute Gasteiger partial charge is 0.315 e. The Kier molecular flexibility index (Phi) is 6.06. The van der Waals surface area contributed by atoms with Crippen molar-refractivity contribution >= 4 is 17.2 Å². The normalized spacial score (nSPS) is 14.2. The summed E-state index contributed by atoms with van der Waals surface area (Å²) in [4.78, 5) is 34.5. The number of benzene rings is 2. The Hall–Kier alpha value is -3.49. The third-order valence-electron chi connectivity index (χ3n) is 4.89. The lowest BCUT2D eigenvalue weighted by Gasteiger charge is -2.24. The van der Waals surface area contributed by atoms with E-state index in [0.717, 1.165) is 38.2 Å². The Labute approximate surface area is 166 Å². The Balaban J connectivity index is 2.08. The van der Waals surface area contributed by atoms with Crippen LogP contribution in [0.1, 0.15) is 48.0 Å². The second kappa shape index (κ2) is 8.68. The molecule has 152 valence electrons. The molecule has 1 aliphatic rings. The van der Waals surface area contributed by atoms with Gasteiger partial charge in [-0.2, -0.15) is 0 Å². The van der Waals surface area contributed by atoms with Crippen LogP contribution in [0.25, 0.3) is 0 Å². The van der Waals surface area contributed by atoms with Gasteiger partial charge in [0.2, 0.25) is 5.75 Å². The van der Waals surface area contributed by atoms with E-state index in [0.29, 0.717) is 0 Å². The first-order chi connectivity index (χ1) is 13.9. The maximum Gasteiger partial charge on any atom is 0.315 e. The van der Waals surface area contributed by atoms with Crippen molar-refractivity contribution in [2.45, 2.75) is 38.2 Å². The zero-order chi connectivity index (χ0) is 21.0. The van der Waals surface area contributed by atoms with E-state index in [9.17, 15) is 25.0 Å². The van der Waals surface area contributed by atoms with Gasteiger partial charge in [0.25, 0.3) is 5.69 Å². The molecule has 0 amide bonds. The molecule has 1 saturated carbocycles. The monoisotopic (exact) mass is 400 g/mol. The van der Waals surface area contributed by atoms with Gasteiger partial charge >= 0.3 is 5.69 Å². The predicted octanol–water partition coefficient (Wildman–Crippen LogP) is 4.45. The highest BCUT2D eigenvalue weighted by Gasteiger charge is 2.29. The minimum atomic E-state index is -0.698. The predicted molar refractivity (Wildman–Crippen MR) is 104 cm³/mol. The number of methoxy groups -OCH3 is 1. The summed E-state index contributed by atoms with van der Waals surface area (Å²) in [6.45, 7) is 0. The third kappa shape index (κ3) is 4.34. The second-order valence-electron chi connectivity index (χ2n) is 6.77. The van der Waals surface area contributed by atoms with Crippen LogP contribution in [0.2, 0.25) is 0 Å². The van der Waals surface area contributed by atoms with Crippen molar-refractivity contribution in [1.29, 1.82) is 0 Å². The highest BCUT2D eigenvalue weighted by atomic mass is 16.6. The van der Waals surface area contributed by atoms with Crippen LogP contribution in [-0.4, -0.2) is 28.8 Å². The van der Waals surface area contributed by atoms with Crippen LogP contribution in [0, 0.1) is 20.2 Å². The SMILES string of the molecule is COc1c(OC2CCCCC2)cc(C(=O)c2ccccc2[N+](=O)[O-])cc1[N+](=O)[O-]. The zero-order valence-electron chi connectivity index (χ0n) is 15.8. The summed E-state index contributed by atoms with van der Waals surface area (Å²) in [5.41, 5.74) is -1.02. The van der Waals surface area contributed by atoms with Crippen molar-refractivity contribution < 1.29 is 24.1 Å². The van der Waals surface area contributed by atoms with Crippen LogP contribution in [0.3, 0.4) is 0 Å². The Morgan fingerprint density at radius 3 is 2.28 bits per heavy atom. The van der Waals surface area contributed by atoms with Gasteiger partial charge in [0.1, 0.15) is 5.56 Å². The molecule has 1 aliphatic carbocycles. The van der Waals surface area contributed by atoms with E-state index in [4.69, 9.17) is 9.47 Å². The van der Waals surface area contributed by atoms with Gasteiger partial charge in [0.05, 0.1) is 23.1 Å². The molecule has 0 bridgehead atoms. The van der Waals surface area contributed by atoms with E-state index < -0.39 is 21.3 Å². The molecule has 0 heterocycles. The molecule has 0 N–H and O–H groups in total. The molecule has 2 aromatic rings. The van der Waals surface area contributed by atoms with Gasteiger partial charge in [0.15, 0.2) is 11.5 Å². The van der Waals surface area contributed by atoms with Gasteiger partial charge < -0.3 is 9.47 Å². The maximum atomic E-state index is 13.0. The van der Waals surface area contributed by atoms with Crippen LogP contribution >= 0.6 is 0 Å². The minimum Gasteiger partial charge on any atom is -0.488 e. The second-order valence-corrected chi connectivity index (χ2v) is 6.77. The van der Waals surface area contributed by atoms with Gasteiger partial charge in [-0.15, -0.1) is 0 Å². The average molecular weight is 400 g/mol. The number of nitro groups is 2. The number of rotatable bonds is 7. The average Bonchev–Trinajstić information content (AvgIpc) is 2.73. The fourth-order valence-electron chi connectivity index (χ4n) is 3.49. The minimum absolute atomic E-state index is 0.0697. The molecule has 9 nitrogen and oxygen atoms in total. The molecule has 0 saturated heterocycles. The number of carbonyl (C=O) groups excluding carboxylic acids is 1. The van der Waals surface area contributed by atoms with Crippen LogP contribution in [0.5, 0.6) is 11.5 Å². The molecule has 1 fully saturated rings. The summed E-state index contributed by atoms with van der Waals surface area (Å²) >= 11 is 0. The van der Waals surface area contributed by atoms with Crippen molar-refractivity contribution in [2.75, 3.05) is 7.11 Å². The van der Waals surface area contributed by atoms with Crippen molar-refractivity contribution in [2.24, 2.45) is 0 Å². The Morgan fingerprint density at radius 1 is 1.00 bits per heavy atom. The van der Waals surface area contributed by atoms with Gasteiger partial charge in [-0.25, -0.2) is 0 Å². The summed E-state index contributed by atoms with van der Waals surface area (Å²) < 4.78 is 11.2. The largest absolute Gasteiger partial charge is 0.488 e. The van der Waals surface area contributed by atoms with Gasteiger partial charge in [0, 0.05) is 17.7 Å². The van der Waals surface area contributed by atoms with E-state index in [1.807, 2.05) is 0 Å². The highest BCUT2D eigenvalue weighted by molar-refractivity contribution is 6.12. The summed E-state index contributed by atoms with van der Waals surface area (Å²) in [5, 5.41) is 22.8. The van der Waals surface area contributed by atoms with Gasteiger partial charge in [-0.3, -0.25) is 25.0 Å². The molecule has 29 heavy (non-hydrogen) atoms. The lowest BCUT2D eigenvalue weighted by molar-refractivity contribution is -0.386. The van der Waals surface area contributed by atoms with Crippen LogP contribution in [0.4, 0.5) is 11.4 Å². The summed E-state index contributed by atoms with van der Waals surface area (Å²) in [6.07, 6.45) is 4.56. The maximum absolute atomic E-state index is 13.0. The Morgan fingerprint density at radius 2 is 1.66 bits per heavy atom. The number of para-hydroxylation sites is 1. The van der Waals surface area contributed by atoms with Crippen molar-refractivity contribution in [1.82, 2.24) is 0 Å². The van der Waals surface area contributed by atoms with Gasteiger partial charge in [-0.05, 0) is 37.8 Å². The molecular formula is C20H20N2O7. The molecule has 0 unspecified atom stereocenters.